The number of fused-ring (bicyclic) bond motifs is 1. The molecular formula is C20H32O4. The van der Waals surface area contributed by atoms with Crippen molar-refractivity contribution in [1.29, 1.82) is 0 Å². The van der Waals surface area contributed by atoms with E-state index in [4.69, 9.17) is 5.11 Å². The largest absolute Gasteiger partial charge is 0.481 e. The van der Waals surface area contributed by atoms with Gasteiger partial charge in [0.1, 0.15) is 0 Å². The van der Waals surface area contributed by atoms with Crippen molar-refractivity contribution in [1.82, 2.24) is 0 Å². The average molecular weight is 336 g/mol. The molecule has 4 heteroatoms. The van der Waals surface area contributed by atoms with Crippen molar-refractivity contribution in [2.24, 2.45) is 22.7 Å². The molecule has 2 rings (SSSR count). The second-order valence-corrected chi connectivity index (χ2v) is 8.27. The molecule has 2 saturated carbocycles. The molecule has 0 aromatic rings. The molecule has 136 valence electrons. The van der Waals surface area contributed by atoms with Gasteiger partial charge in [-0.25, -0.2) is 0 Å². The Balaban J connectivity index is 2.32. The minimum Gasteiger partial charge on any atom is -0.481 e. The fraction of sp³-hybridized carbons (Fsp3) is 0.750. The third-order valence-corrected chi connectivity index (χ3v) is 6.91. The van der Waals surface area contributed by atoms with Crippen LogP contribution >= 0.6 is 0 Å². The number of hydrogen-bond donors (Lipinski definition) is 3. The highest BCUT2D eigenvalue weighted by Crippen LogP contribution is 2.62. The lowest BCUT2D eigenvalue weighted by molar-refractivity contribution is -0.164. The molecule has 0 bridgehead atoms. The lowest BCUT2D eigenvalue weighted by Gasteiger charge is -2.57. The Morgan fingerprint density at radius 2 is 2.08 bits per heavy atom. The number of carboxylic acid groups (broad SMARTS) is 1. The van der Waals surface area contributed by atoms with Gasteiger partial charge in [0, 0.05) is 0 Å². The predicted octanol–water partition coefficient (Wildman–Crippen LogP) is 3.54. The smallest absolute Gasteiger partial charge is 0.309 e. The third kappa shape index (κ3) is 3.18. The van der Waals surface area contributed by atoms with E-state index in [9.17, 15) is 15.0 Å². The number of rotatable bonds is 5. The van der Waals surface area contributed by atoms with E-state index in [-0.39, 0.29) is 23.9 Å². The van der Waals surface area contributed by atoms with Gasteiger partial charge in [-0.3, -0.25) is 4.79 Å². The molecule has 0 unspecified atom stereocenters. The fourth-order valence-corrected chi connectivity index (χ4v) is 5.33. The molecule has 2 aliphatic rings. The van der Waals surface area contributed by atoms with E-state index in [2.05, 4.69) is 13.5 Å². The van der Waals surface area contributed by atoms with Crippen molar-refractivity contribution in [2.75, 3.05) is 6.61 Å². The summed E-state index contributed by atoms with van der Waals surface area (Å²) in [4.78, 5) is 12.0. The summed E-state index contributed by atoms with van der Waals surface area (Å²) in [6.45, 7) is 10.1. The van der Waals surface area contributed by atoms with Crippen molar-refractivity contribution in [3.8, 4) is 0 Å². The zero-order chi connectivity index (χ0) is 18.1. The van der Waals surface area contributed by atoms with E-state index in [1.807, 2.05) is 13.8 Å². The topological polar surface area (TPSA) is 77.8 Å². The number of aliphatic carboxylic acids is 1. The maximum Gasteiger partial charge on any atom is 0.309 e. The Morgan fingerprint density at radius 3 is 2.67 bits per heavy atom. The average Bonchev–Trinajstić information content (AvgIpc) is 2.50. The summed E-state index contributed by atoms with van der Waals surface area (Å²) < 4.78 is 0. The quantitative estimate of drug-likeness (QED) is 0.671. The molecule has 0 aromatic carbocycles. The van der Waals surface area contributed by atoms with E-state index in [1.165, 1.54) is 0 Å². The Morgan fingerprint density at radius 1 is 1.42 bits per heavy atom. The highest BCUT2D eigenvalue weighted by molar-refractivity contribution is 5.75. The van der Waals surface area contributed by atoms with Gasteiger partial charge >= 0.3 is 5.97 Å². The molecule has 4 nitrogen and oxygen atoms in total. The molecule has 3 N–H and O–H groups in total. The van der Waals surface area contributed by atoms with Crippen molar-refractivity contribution < 1.29 is 20.1 Å². The van der Waals surface area contributed by atoms with Crippen LogP contribution in [0, 0.1) is 22.7 Å². The minimum absolute atomic E-state index is 0.0779. The molecule has 24 heavy (non-hydrogen) atoms. The van der Waals surface area contributed by atoms with Gasteiger partial charge in [0.15, 0.2) is 0 Å². The molecule has 0 saturated heterocycles. The van der Waals surface area contributed by atoms with Crippen molar-refractivity contribution in [3.63, 3.8) is 0 Å². The number of hydrogen-bond acceptors (Lipinski definition) is 3. The van der Waals surface area contributed by atoms with Gasteiger partial charge in [0.2, 0.25) is 0 Å². The number of carboxylic acids is 1. The third-order valence-electron chi connectivity index (χ3n) is 6.91. The first-order valence-electron chi connectivity index (χ1n) is 9.03. The van der Waals surface area contributed by atoms with Gasteiger partial charge in [0.25, 0.3) is 0 Å². The summed E-state index contributed by atoms with van der Waals surface area (Å²) in [5.74, 6) is -0.463. The van der Waals surface area contributed by atoms with Gasteiger partial charge in [-0.05, 0) is 68.8 Å². The maximum absolute atomic E-state index is 12.0. The van der Waals surface area contributed by atoms with Crippen LogP contribution in [0.5, 0.6) is 0 Å². The lowest BCUT2D eigenvalue weighted by Crippen LogP contribution is -2.53. The molecule has 0 amide bonds. The highest BCUT2D eigenvalue weighted by atomic mass is 16.4. The molecule has 2 aliphatic carbocycles. The number of carbonyl (C=O) groups is 1. The van der Waals surface area contributed by atoms with Crippen LogP contribution in [-0.4, -0.2) is 34.0 Å². The van der Waals surface area contributed by atoms with Crippen LogP contribution in [0.25, 0.3) is 0 Å². The van der Waals surface area contributed by atoms with E-state index in [1.54, 1.807) is 6.08 Å². The Hall–Kier alpha value is -1.13. The summed E-state index contributed by atoms with van der Waals surface area (Å²) in [6, 6.07) is 0. The molecule has 0 heterocycles. The zero-order valence-corrected chi connectivity index (χ0v) is 15.2. The van der Waals surface area contributed by atoms with Gasteiger partial charge < -0.3 is 15.3 Å². The second kappa shape index (κ2) is 7.01. The van der Waals surface area contributed by atoms with Crippen LogP contribution in [0.3, 0.4) is 0 Å². The van der Waals surface area contributed by atoms with Gasteiger partial charge in [-0.2, -0.15) is 0 Å². The summed E-state index contributed by atoms with van der Waals surface area (Å²) >= 11 is 0. The van der Waals surface area contributed by atoms with E-state index >= 15 is 0 Å². The van der Waals surface area contributed by atoms with Crippen LogP contribution in [0.2, 0.25) is 0 Å². The Kier molecular flexibility index (Phi) is 5.61. The van der Waals surface area contributed by atoms with Gasteiger partial charge in [-0.15, -0.1) is 0 Å². The van der Waals surface area contributed by atoms with Crippen molar-refractivity contribution in [2.45, 2.75) is 65.4 Å². The maximum atomic E-state index is 12.0. The van der Waals surface area contributed by atoms with Crippen LogP contribution in [-0.2, 0) is 4.79 Å². The number of aliphatic hydroxyl groups is 2. The van der Waals surface area contributed by atoms with Crippen LogP contribution < -0.4 is 0 Å². The normalized spacial score (nSPS) is 38.5. The molecule has 0 spiro atoms. The molecule has 0 aromatic heterocycles. The van der Waals surface area contributed by atoms with Gasteiger partial charge in [0.05, 0.1) is 18.1 Å². The summed E-state index contributed by atoms with van der Waals surface area (Å²) in [7, 11) is 0. The second-order valence-electron chi connectivity index (χ2n) is 8.27. The zero-order valence-electron chi connectivity index (χ0n) is 15.2. The Bertz CT molecular complexity index is 538. The predicted molar refractivity (Wildman–Crippen MR) is 94.5 cm³/mol. The molecule has 0 radical (unpaired) electrons. The first-order valence-corrected chi connectivity index (χ1v) is 9.03. The monoisotopic (exact) mass is 336 g/mol. The summed E-state index contributed by atoms with van der Waals surface area (Å²) in [5, 5.41) is 29.4. The van der Waals surface area contributed by atoms with Crippen molar-refractivity contribution in [3.05, 3.63) is 23.8 Å². The van der Waals surface area contributed by atoms with Gasteiger partial charge in [-0.1, -0.05) is 31.6 Å². The SMILES string of the molecule is C=C1CC[C@@H]2[C@](C)(CCC[C@]2(C)C(=O)O)[C@H]1C[C@H](O)/C(C)=C\CO. The molecule has 2 fully saturated rings. The molecule has 5 atom stereocenters. The minimum atomic E-state index is -0.693. The Labute approximate surface area is 145 Å². The molecular weight excluding hydrogens is 304 g/mol. The number of allylic oxidation sites excluding steroid dienone is 1. The first kappa shape index (κ1) is 19.2. The van der Waals surface area contributed by atoms with E-state index < -0.39 is 17.5 Å². The van der Waals surface area contributed by atoms with Crippen LogP contribution in [0.1, 0.15) is 59.3 Å². The van der Waals surface area contributed by atoms with E-state index in [0.29, 0.717) is 6.42 Å². The lowest BCUT2D eigenvalue weighted by atomic mass is 9.46. The summed E-state index contributed by atoms with van der Waals surface area (Å²) in [6.07, 6.45) is 5.91. The van der Waals surface area contributed by atoms with Crippen LogP contribution in [0.4, 0.5) is 0 Å². The fourth-order valence-electron chi connectivity index (χ4n) is 5.33. The summed E-state index contributed by atoms with van der Waals surface area (Å²) in [5.41, 5.74) is 1.08. The highest BCUT2D eigenvalue weighted by Gasteiger charge is 2.57. The van der Waals surface area contributed by atoms with Crippen LogP contribution in [0.15, 0.2) is 23.8 Å². The van der Waals surface area contributed by atoms with Crippen molar-refractivity contribution >= 4 is 5.97 Å². The molecule has 0 aliphatic heterocycles. The standard InChI is InChI=1S/C20H32O4/c1-13-6-7-17-19(3,9-5-10-20(17,4)18(23)24)15(13)12-16(22)14(2)8-11-21/h8,15-17,21-22H,1,5-7,9-12H2,2-4H3,(H,23,24)/b14-8-/t15-,16-,17+,19+,20-/m0/s1. The van der Waals surface area contributed by atoms with E-state index in [0.717, 1.165) is 43.3 Å². The first-order chi connectivity index (χ1) is 11.2. The number of aliphatic hydroxyl groups excluding tert-OH is 2.